The van der Waals surface area contributed by atoms with Gasteiger partial charge in [-0.1, -0.05) is 24.3 Å². The predicted molar refractivity (Wildman–Crippen MR) is 102 cm³/mol. The number of methoxy groups -OCH3 is 2. The molecule has 0 saturated carbocycles. The Morgan fingerprint density at radius 2 is 1.73 bits per heavy atom. The fourth-order valence-electron chi connectivity index (χ4n) is 3.24. The molecule has 3 aromatic rings. The maximum Gasteiger partial charge on any atom is 0.201 e. The second-order valence-electron chi connectivity index (χ2n) is 5.84. The zero-order chi connectivity index (χ0) is 18.3. The number of hydrogen-bond donors (Lipinski definition) is 1. The maximum atomic E-state index is 12.7. The first-order chi connectivity index (χ1) is 12.7. The molecule has 1 N–H and O–H groups in total. The highest BCUT2D eigenvalue weighted by Gasteiger charge is 2.28. The molecule has 0 bridgehead atoms. The van der Waals surface area contributed by atoms with E-state index in [1.165, 1.54) is 25.6 Å². The van der Waals surface area contributed by atoms with Crippen molar-refractivity contribution in [1.82, 2.24) is 0 Å². The van der Waals surface area contributed by atoms with Gasteiger partial charge in [0.25, 0.3) is 0 Å². The van der Waals surface area contributed by atoms with Crippen LogP contribution in [0.3, 0.4) is 0 Å². The van der Waals surface area contributed by atoms with Crippen LogP contribution in [0.15, 0.2) is 47.8 Å². The van der Waals surface area contributed by atoms with E-state index in [9.17, 15) is 9.90 Å². The standard InChI is InChI=1S/C21H16O4S/c1-24-17-8-7-12(20(25-2)19(17)23)11-16-13-5-3-4-6-14(13)18(22)15-9-10-26-21(15)16/h3-11,23H,1-2H3/b16-11+. The van der Waals surface area contributed by atoms with Crippen LogP contribution < -0.4 is 9.47 Å². The summed E-state index contributed by atoms with van der Waals surface area (Å²) in [5, 5.41) is 12.3. The number of thiophene rings is 1. The molecule has 26 heavy (non-hydrogen) atoms. The van der Waals surface area contributed by atoms with E-state index < -0.39 is 0 Å². The smallest absolute Gasteiger partial charge is 0.201 e. The third-order valence-electron chi connectivity index (χ3n) is 4.47. The van der Waals surface area contributed by atoms with Gasteiger partial charge in [-0.3, -0.25) is 4.79 Å². The van der Waals surface area contributed by atoms with Crippen molar-refractivity contribution >= 4 is 28.8 Å². The lowest BCUT2D eigenvalue weighted by Crippen LogP contribution is -2.11. The van der Waals surface area contributed by atoms with E-state index in [1.807, 2.05) is 47.9 Å². The lowest BCUT2D eigenvalue weighted by molar-refractivity contribution is 0.103. The van der Waals surface area contributed by atoms with Gasteiger partial charge in [-0.2, -0.15) is 0 Å². The summed E-state index contributed by atoms with van der Waals surface area (Å²) in [6, 6.07) is 12.9. The van der Waals surface area contributed by atoms with Gasteiger partial charge in [0.1, 0.15) is 0 Å². The number of benzene rings is 2. The minimum absolute atomic E-state index is 0.0403. The van der Waals surface area contributed by atoms with Gasteiger partial charge >= 0.3 is 0 Å². The Morgan fingerprint density at radius 1 is 0.962 bits per heavy atom. The molecule has 1 aromatic heterocycles. The minimum atomic E-state index is -0.0454. The van der Waals surface area contributed by atoms with Crippen LogP contribution in [0.4, 0.5) is 0 Å². The monoisotopic (exact) mass is 364 g/mol. The Labute approximate surface area is 154 Å². The predicted octanol–water partition coefficient (Wildman–Crippen LogP) is 4.60. The number of carbonyl (C=O) groups excluding carboxylic acids is 1. The molecular formula is C21H16O4S. The number of rotatable bonds is 3. The normalized spacial score (nSPS) is 14.1. The Kier molecular flexibility index (Phi) is 4.01. The first kappa shape index (κ1) is 16.4. The highest BCUT2D eigenvalue weighted by Crippen LogP contribution is 2.44. The van der Waals surface area contributed by atoms with Gasteiger partial charge in [0.15, 0.2) is 17.3 Å². The van der Waals surface area contributed by atoms with Gasteiger partial charge < -0.3 is 14.6 Å². The Balaban J connectivity index is 1.97. The van der Waals surface area contributed by atoms with E-state index in [-0.39, 0.29) is 11.5 Å². The molecule has 0 aliphatic heterocycles. The summed E-state index contributed by atoms with van der Waals surface area (Å²) in [7, 11) is 3.00. The van der Waals surface area contributed by atoms with Gasteiger partial charge in [0, 0.05) is 27.1 Å². The SMILES string of the molecule is COc1ccc(/C=C2\c3ccccc3C(=O)c3ccsc32)c(OC)c1O. The molecule has 5 heteroatoms. The Bertz CT molecular complexity index is 1050. The van der Waals surface area contributed by atoms with Gasteiger partial charge in [-0.05, 0) is 35.2 Å². The lowest BCUT2D eigenvalue weighted by Gasteiger charge is -2.19. The number of ketones is 1. The van der Waals surface area contributed by atoms with Gasteiger partial charge in [-0.15, -0.1) is 11.3 Å². The van der Waals surface area contributed by atoms with E-state index in [0.29, 0.717) is 28.2 Å². The number of phenols is 1. The van der Waals surface area contributed by atoms with Crippen LogP contribution in [0.2, 0.25) is 0 Å². The summed E-state index contributed by atoms with van der Waals surface area (Å²) in [4.78, 5) is 13.6. The number of carbonyl (C=O) groups is 1. The second kappa shape index (κ2) is 6.35. The third kappa shape index (κ3) is 2.40. The summed E-state index contributed by atoms with van der Waals surface area (Å²) in [6.45, 7) is 0. The fraction of sp³-hybridized carbons (Fsp3) is 0.0952. The summed E-state index contributed by atoms with van der Waals surface area (Å²) in [5.74, 6) is 0.679. The van der Waals surface area contributed by atoms with Crippen LogP contribution in [0, 0.1) is 0 Å². The summed E-state index contributed by atoms with van der Waals surface area (Å²) in [6.07, 6.45) is 1.94. The molecule has 0 amide bonds. The quantitative estimate of drug-likeness (QED) is 0.577. The van der Waals surface area contributed by atoms with E-state index in [1.54, 1.807) is 6.07 Å². The maximum absolute atomic E-state index is 12.7. The molecule has 1 aliphatic rings. The van der Waals surface area contributed by atoms with Crippen molar-refractivity contribution in [2.24, 2.45) is 0 Å². The van der Waals surface area contributed by atoms with Crippen molar-refractivity contribution in [1.29, 1.82) is 0 Å². The van der Waals surface area contributed by atoms with Crippen LogP contribution in [0.5, 0.6) is 17.2 Å². The minimum Gasteiger partial charge on any atom is -0.502 e. The topological polar surface area (TPSA) is 55.8 Å². The largest absolute Gasteiger partial charge is 0.502 e. The number of phenolic OH excluding ortho intramolecular Hbond substituents is 1. The zero-order valence-corrected chi connectivity index (χ0v) is 15.1. The van der Waals surface area contributed by atoms with E-state index in [0.717, 1.165) is 16.0 Å². The Morgan fingerprint density at radius 3 is 2.46 bits per heavy atom. The average molecular weight is 364 g/mol. The average Bonchev–Trinajstić information content (AvgIpc) is 3.15. The van der Waals surface area contributed by atoms with Crippen molar-refractivity contribution in [2.45, 2.75) is 0 Å². The molecule has 4 nitrogen and oxygen atoms in total. The molecule has 1 aliphatic carbocycles. The third-order valence-corrected chi connectivity index (χ3v) is 5.41. The first-order valence-electron chi connectivity index (χ1n) is 8.03. The van der Waals surface area contributed by atoms with Crippen LogP contribution in [0.25, 0.3) is 11.6 Å². The molecule has 130 valence electrons. The molecule has 0 unspecified atom stereocenters. The molecular weight excluding hydrogens is 348 g/mol. The molecule has 4 rings (SSSR count). The molecule has 1 heterocycles. The molecule has 0 spiro atoms. The molecule has 0 fully saturated rings. The van der Waals surface area contributed by atoms with Crippen LogP contribution in [-0.4, -0.2) is 25.1 Å². The summed E-state index contributed by atoms with van der Waals surface area (Å²) < 4.78 is 10.6. The van der Waals surface area contributed by atoms with E-state index in [2.05, 4.69) is 0 Å². The Hall–Kier alpha value is -3.05. The van der Waals surface area contributed by atoms with Crippen molar-refractivity contribution in [3.05, 3.63) is 75.0 Å². The van der Waals surface area contributed by atoms with Gasteiger partial charge in [0.05, 0.1) is 14.2 Å². The van der Waals surface area contributed by atoms with Crippen LogP contribution in [0.1, 0.15) is 31.9 Å². The number of aromatic hydroxyl groups is 1. The summed E-state index contributed by atoms with van der Waals surface area (Å²) in [5.41, 5.74) is 3.92. The van der Waals surface area contributed by atoms with Crippen molar-refractivity contribution in [3.8, 4) is 17.2 Å². The first-order valence-corrected chi connectivity index (χ1v) is 8.91. The van der Waals surface area contributed by atoms with Gasteiger partial charge in [-0.25, -0.2) is 0 Å². The van der Waals surface area contributed by atoms with Crippen LogP contribution in [-0.2, 0) is 0 Å². The molecule has 0 saturated heterocycles. The van der Waals surface area contributed by atoms with Crippen LogP contribution >= 0.6 is 11.3 Å². The molecule has 0 atom stereocenters. The molecule has 0 radical (unpaired) electrons. The van der Waals surface area contributed by atoms with E-state index >= 15 is 0 Å². The van der Waals surface area contributed by atoms with Crippen molar-refractivity contribution in [2.75, 3.05) is 14.2 Å². The summed E-state index contributed by atoms with van der Waals surface area (Å²) >= 11 is 1.53. The number of ether oxygens (including phenoxy) is 2. The van der Waals surface area contributed by atoms with Crippen molar-refractivity contribution < 1.29 is 19.4 Å². The highest BCUT2D eigenvalue weighted by atomic mass is 32.1. The van der Waals surface area contributed by atoms with E-state index in [4.69, 9.17) is 9.47 Å². The second-order valence-corrected chi connectivity index (χ2v) is 6.75. The fourth-order valence-corrected chi connectivity index (χ4v) is 4.16. The highest BCUT2D eigenvalue weighted by molar-refractivity contribution is 7.11. The molecule has 2 aromatic carbocycles. The number of hydrogen-bond acceptors (Lipinski definition) is 5. The zero-order valence-electron chi connectivity index (χ0n) is 14.3. The lowest BCUT2D eigenvalue weighted by atomic mass is 9.85. The van der Waals surface area contributed by atoms with Crippen molar-refractivity contribution in [3.63, 3.8) is 0 Å². The van der Waals surface area contributed by atoms with Gasteiger partial charge in [0.2, 0.25) is 5.75 Å². The number of fused-ring (bicyclic) bond motifs is 2.